The maximum atomic E-state index is 13.8. The number of fused-ring (bicyclic) bond motifs is 3. The zero-order chi connectivity index (χ0) is 24.7. The number of nitrogens with zero attached hydrogens (tertiary/aromatic N) is 4. The van der Waals surface area contributed by atoms with Crippen molar-refractivity contribution in [3.63, 3.8) is 0 Å². The van der Waals surface area contributed by atoms with Gasteiger partial charge >= 0.3 is 6.18 Å². The van der Waals surface area contributed by atoms with Crippen LogP contribution in [0.1, 0.15) is 5.56 Å². The smallest absolute Gasteiger partial charge is 0.418 e. The van der Waals surface area contributed by atoms with Gasteiger partial charge in [-0.15, -0.1) is 0 Å². The molecule has 0 aliphatic carbocycles. The van der Waals surface area contributed by atoms with Gasteiger partial charge in [0, 0.05) is 37.3 Å². The molecule has 11 heteroatoms. The van der Waals surface area contributed by atoms with Gasteiger partial charge in [-0.3, -0.25) is 14.2 Å². The fraction of sp³-hybridized carbons (Fsp3) is 0.292. The van der Waals surface area contributed by atoms with E-state index in [1.54, 1.807) is 30.3 Å². The van der Waals surface area contributed by atoms with Gasteiger partial charge in [-0.1, -0.05) is 12.1 Å². The van der Waals surface area contributed by atoms with Gasteiger partial charge in [0.05, 0.1) is 17.6 Å². The van der Waals surface area contributed by atoms with E-state index in [1.165, 1.54) is 12.4 Å². The molecule has 0 radical (unpaired) electrons. The molecule has 8 nitrogen and oxygen atoms in total. The van der Waals surface area contributed by atoms with E-state index in [9.17, 15) is 22.8 Å². The fourth-order valence-electron chi connectivity index (χ4n) is 4.21. The Hall–Kier alpha value is -3.86. The number of carbonyl (C=O) groups excluding carboxylic acids is 1. The number of aromatic nitrogens is 2. The highest BCUT2D eigenvalue weighted by molar-refractivity contribution is 6.01. The molecule has 2 aromatic heterocycles. The van der Waals surface area contributed by atoms with E-state index >= 15 is 0 Å². The number of hydrogen-bond donors (Lipinski definition) is 1. The minimum Gasteiger partial charge on any atom is -0.448 e. The second kappa shape index (κ2) is 8.73. The van der Waals surface area contributed by atoms with E-state index in [0.717, 1.165) is 23.7 Å². The van der Waals surface area contributed by atoms with Gasteiger partial charge in [0.2, 0.25) is 11.5 Å². The first-order valence-corrected chi connectivity index (χ1v) is 11.0. The van der Waals surface area contributed by atoms with Crippen LogP contribution in [0.25, 0.3) is 22.1 Å². The van der Waals surface area contributed by atoms with E-state index < -0.39 is 29.8 Å². The van der Waals surface area contributed by atoms with Crippen LogP contribution in [0, 0.1) is 0 Å². The van der Waals surface area contributed by atoms with Crippen molar-refractivity contribution >= 4 is 39.4 Å². The van der Waals surface area contributed by atoms with Crippen LogP contribution in [0.3, 0.4) is 0 Å². The van der Waals surface area contributed by atoms with Crippen LogP contribution < -0.4 is 15.8 Å². The molecule has 1 saturated heterocycles. The molecule has 0 spiro atoms. The number of furan rings is 1. The number of benzene rings is 2. The molecule has 1 aliphatic rings. The Morgan fingerprint density at radius 2 is 1.86 bits per heavy atom. The maximum absolute atomic E-state index is 13.8. The van der Waals surface area contributed by atoms with Crippen LogP contribution in [0.4, 0.5) is 24.5 Å². The van der Waals surface area contributed by atoms with Gasteiger partial charge in [-0.05, 0) is 37.4 Å². The number of para-hydroxylation sites is 1. The first-order valence-electron chi connectivity index (χ1n) is 11.0. The van der Waals surface area contributed by atoms with Gasteiger partial charge in [0.25, 0.3) is 5.56 Å². The Morgan fingerprint density at radius 3 is 2.60 bits per heavy atom. The maximum Gasteiger partial charge on any atom is 0.418 e. The van der Waals surface area contributed by atoms with Crippen molar-refractivity contribution in [1.29, 1.82) is 0 Å². The Bertz CT molecular complexity index is 1470. The Kier molecular flexibility index (Phi) is 5.72. The number of piperazine rings is 1. The molecule has 5 rings (SSSR count). The normalized spacial score (nSPS) is 15.1. The van der Waals surface area contributed by atoms with Gasteiger partial charge in [0.15, 0.2) is 0 Å². The second-order valence-corrected chi connectivity index (χ2v) is 8.52. The predicted molar refractivity (Wildman–Crippen MR) is 126 cm³/mol. The summed E-state index contributed by atoms with van der Waals surface area (Å²) in [4.78, 5) is 33.7. The molecular formula is C24H22F3N5O3. The quantitative estimate of drug-likeness (QED) is 0.476. The molecule has 4 aromatic rings. The van der Waals surface area contributed by atoms with Crippen molar-refractivity contribution in [2.45, 2.75) is 12.7 Å². The third-order valence-corrected chi connectivity index (χ3v) is 6.12. The highest BCUT2D eigenvalue weighted by Crippen LogP contribution is 2.37. The Balaban J connectivity index is 1.39. The number of alkyl halides is 3. The van der Waals surface area contributed by atoms with E-state index in [4.69, 9.17) is 4.42 Å². The number of halogens is 3. The highest BCUT2D eigenvalue weighted by Gasteiger charge is 2.35. The van der Waals surface area contributed by atoms with E-state index in [-0.39, 0.29) is 11.3 Å². The third kappa shape index (κ3) is 4.46. The lowest BCUT2D eigenvalue weighted by Gasteiger charge is -2.34. The molecule has 1 amide bonds. The first-order chi connectivity index (χ1) is 16.7. The summed E-state index contributed by atoms with van der Waals surface area (Å²) in [6.45, 7) is 2.20. The topological polar surface area (TPSA) is 83.6 Å². The van der Waals surface area contributed by atoms with E-state index in [0.29, 0.717) is 35.3 Å². The number of likely N-dealkylation sites (N-methyl/N-ethyl adjacent to an activating group) is 1. The van der Waals surface area contributed by atoms with Crippen LogP contribution in [0.5, 0.6) is 0 Å². The summed E-state index contributed by atoms with van der Waals surface area (Å²) < 4.78 is 48.0. The number of rotatable bonds is 4. The lowest BCUT2D eigenvalue weighted by Crippen LogP contribution is -2.44. The first kappa shape index (κ1) is 22.9. The minimum atomic E-state index is -4.67. The van der Waals surface area contributed by atoms with Crippen LogP contribution in [0.2, 0.25) is 0 Å². The Labute approximate surface area is 197 Å². The summed E-state index contributed by atoms with van der Waals surface area (Å²) in [6.07, 6.45) is -3.48. The number of anilines is 2. The SMILES string of the molecule is CN1CCN(c2ccc(NC(=O)Cn3cnc4c(oc5ccccc54)c3=O)c(C(F)(F)F)c2)CC1. The zero-order valence-corrected chi connectivity index (χ0v) is 18.8. The van der Waals surface area contributed by atoms with E-state index in [2.05, 4.69) is 15.2 Å². The van der Waals surface area contributed by atoms with Crippen LogP contribution in [0.15, 0.2) is 58.0 Å². The Morgan fingerprint density at radius 1 is 1.11 bits per heavy atom. The summed E-state index contributed by atoms with van der Waals surface area (Å²) in [5.74, 6) is -0.790. The molecule has 0 atom stereocenters. The minimum absolute atomic E-state index is 0.0194. The number of carbonyl (C=O) groups is 1. The average Bonchev–Trinajstić information content (AvgIpc) is 3.20. The summed E-state index contributed by atoms with van der Waals surface area (Å²) >= 11 is 0. The zero-order valence-electron chi connectivity index (χ0n) is 18.8. The monoisotopic (exact) mass is 485 g/mol. The fourth-order valence-corrected chi connectivity index (χ4v) is 4.21. The molecule has 1 fully saturated rings. The van der Waals surface area contributed by atoms with Crippen molar-refractivity contribution in [3.05, 3.63) is 64.7 Å². The van der Waals surface area contributed by atoms with Crippen LogP contribution >= 0.6 is 0 Å². The van der Waals surface area contributed by atoms with Gasteiger partial charge in [0.1, 0.15) is 17.6 Å². The predicted octanol–water partition coefficient (Wildman–Crippen LogP) is 3.55. The number of hydrogen-bond acceptors (Lipinski definition) is 6. The van der Waals surface area contributed by atoms with Crippen molar-refractivity contribution in [2.75, 3.05) is 43.4 Å². The van der Waals surface area contributed by atoms with Crippen molar-refractivity contribution < 1.29 is 22.4 Å². The molecule has 2 aromatic carbocycles. The molecule has 3 heterocycles. The molecular weight excluding hydrogens is 463 g/mol. The molecule has 35 heavy (non-hydrogen) atoms. The van der Waals surface area contributed by atoms with Crippen molar-refractivity contribution in [2.24, 2.45) is 0 Å². The molecule has 1 N–H and O–H groups in total. The summed E-state index contributed by atoms with van der Waals surface area (Å²) in [5, 5.41) is 2.96. The standard InChI is InChI=1S/C24H22F3N5O3/c1-30-8-10-31(11-9-30)15-6-7-18(17(12-15)24(25,26)27)29-20(33)13-32-14-28-21-16-4-2-3-5-19(16)35-22(21)23(32)34/h2-7,12,14H,8-11,13H2,1H3,(H,29,33). The molecule has 0 saturated carbocycles. The number of nitrogens with one attached hydrogen (secondary N) is 1. The second-order valence-electron chi connectivity index (χ2n) is 8.52. The molecule has 1 aliphatic heterocycles. The average molecular weight is 485 g/mol. The number of amides is 1. The largest absolute Gasteiger partial charge is 0.448 e. The molecule has 0 bridgehead atoms. The van der Waals surface area contributed by atoms with Gasteiger partial charge < -0.3 is 19.5 Å². The summed E-state index contributed by atoms with van der Waals surface area (Å²) in [6, 6.07) is 10.8. The molecule has 0 unspecified atom stereocenters. The van der Waals surface area contributed by atoms with Crippen molar-refractivity contribution in [1.82, 2.24) is 14.5 Å². The third-order valence-electron chi connectivity index (χ3n) is 6.12. The van der Waals surface area contributed by atoms with E-state index in [1.807, 2.05) is 11.9 Å². The van der Waals surface area contributed by atoms with Gasteiger partial charge in [-0.2, -0.15) is 13.2 Å². The lowest BCUT2D eigenvalue weighted by molar-refractivity contribution is -0.136. The summed E-state index contributed by atoms with van der Waals surface area (Å²) in [7, 11) is 1.96. The van der Waals surface area contributed by atoms with Crippen LogP contribution in [-0.2, 0) is 17.5 Å². The molecule has 182 valence electrons. The summed E-state index contributed by atoms with van der Waals surface area (Å²) in [5.41, 5.74) is -0.645. The van der Waals surface area contributed by atoms with Crippen molar-refractivity contribution in [3.8, 4) is 0 Å². The lowest BCUT2D eigenvalue weighted by atomic mass is 10.1. The van der Waals surface area contributed by atoms with Gasteiger partial charge in [-0.25, -0.2) is 4.98 Å². The van der Waals surface area contributed by atoms with Crippen LogP contribution in [-0.4, -0.2) is 53.6 Å². The highest BCUT2D eigenvalue weighted by atomic mass is 19.4.